The summed E-state index contributed by atoms with van der Waals surface area (Å²) in [6.45, 7) is 5.72. The zero-order valence-electron chi connectivity index (χ0n) is 9.39. The second kappa shape index (κ2) is 4.39. The summed E-state index contributed by atoms with van der Waals surface area (Å²) in [7, 11) is 1.56. The van der Waals surface area contributed by atoms with Crippen molar-refractivity contribution in [3.05, 3.63) is 11.4 Å². The second-order valence-corrected chi connectivity index (χ2v) is 3.60. The summed E-state index contributed by atoms with van der Waals surface area (Å²) < 4.78 is 6.81. The lowest BCUT2D eigenvalue weighted by atomic mass is 10.2. The standard InChI is InChI=1S/C9H16N4O2/c1-5(2)13-8(6(3)15-4)7(9(10)14)11-12-13/h5-6H,1-4H3,(H2,10,14). The first-order valence-corrected chi connectivity index (χ1v) is 4.76. The molecule has 84 valence electrons. The van der Waals surface area contributed by atoms with E-state index in [2.05, 4.69) is 10.3 Å². The third kappa shape index (κ3) is 2.15. The minimum absolute atomic E-state index is 0.109. The minimum atomic E-state index is -0.583. The molecule has 15 heavy (non-hydrogen) atoms. The number of ether oxygens (including phenoxy) is 1. The van der Waals surface area contributed by atoms with Crippen LogP contribution in [-0.2, 0) is 4.74 Å². The van der Waals surface area contributed by atoms with Gasteiger partial charge in [-0.15, -0.1) is 5.10 Å². The molecule has 1 heterocycles. The van der Waals surface area contributed by atoms with Gasteiger partial charge in [-0.1, -0.05) is 5.21 Å². The molecule has 0 saturated heterocycles. The fraction of sp³-hybridized carbons (Fsp3) is 0.667. The van der Waals surface area contributed by atoms with Gasteiger partial charge in [0.1, 0.15) is 5.69 Å². The molecule has 0 radical (unpaired) electrons. The molecule has 0 aliphatic rings. The highest BCUT2D eigenvalue weighted by atomic mass is 16.5. The Balaban J connectivity index is 3.26. The van der Waals surface area contributed by atoms with Gasteiger partial charge in [0, 0.05) is 13.2 Å². The molecule has 1 unspecified atom stereocenters. The van der Waals surface area contributed by atoms with Crippen molar-refractivity contribution in [3.8, 4) is 0 Å². The number of hydrogen-bond donors (Lipinski definition) is 1. The van der Waals surface area contributed by atoms with Crippen molar-refractivity contribution in [2.24, 2.45) is 5.73 Å². The van der Waals surface area contributed by atoms with Gasteiger partial charge in [0.2, 0.25) is 0 Å². The van der Waals surface area contributed by atoms with Gasteiger partial charge >= 0.3 is 0 Å². The summed E-state index contributed by atoms with van der Waals surface area (Å²) in [6.07, 6.45) is -0.259. The summed E-state index contributed by atoms with van der Waals surface area (Å²) in [5.74, 6) is -0.583. The van der Waals surface area contributed by atoms with E-state index in [1.807, 2.05) is 20.8 Å². The van der Waals surface area contributed by atoms with Crippen LogP contribution in [0.5, 0.6) is 0 Å². The van der Waals surface area contributed by atoms with Gasteiger partial charge in [-0.25, -0.2) is 4.68 Å². The van der Waals surface area contributed by atoms with Crippen molar-refractivity contribution in [1.29, 1.82) is 0 Å². The number of methoxy groups -OCH3 is 1. The van der Waals surface area contributed by atoms with Crippen molar-refractivity contribution in [2.75, 3.05) is 7.11 Å². The molecule has 0 spiro atoms. The maximum Gasteiger partial charge on any atom is 0.271 e. The molecular weight excluding hydrogens is 196 g/mol. The lowest BCUT2D eigenvalue weighted by Gasteiger charge is -2.14. The van der Waals surface area contributed by atoms with Crippen molar-refractivity contribution in [2.45, 2.75) is 32.9 Å². The van der Waals surface area contributed by atoms with Gasteiger partial charge in [-0.2, -0.15) is 0 Å². The minimum Gasteiger partial charge on any atom is -0.375 e. The molecule has 1 amide bonds. The van der Waals surface area contributed by atoms with Crippen LogP contribution in [0, 0.1) is 0 Å². The van der Waals surface area contributed by atoms with Gasteiger partial charge in [-0.05, 0) is 20.8 Å². The highest BCUT2D eigenvalue weighted by Gasteiger charge is 2.23. The van der Waals surface area contributed by atoms with E-state index in [4.69, 9.17) is 10.5 Å². The van der Waals surface area contributed by atoms with E-state index in [1.54, 1.807) is 11.8 Å². The average Bonchev–Trinajstić information content (AvgIpc) is 2.60. The molecule has 0 aliphatic heterocycles. The van der Waals surface area contributed by atoms with Gasteiger partial charge in [0.05, 0.1) is 6.10 Å². The van der Waals surface area contributed by atoms with E-state index in [1.165, 1.54) is 0 Å². The highest BCUT2D eigenvalue weighted by molar-refractivity contribution is 5.91. The number of carbonyl (C=O) groups is 1. The molecule has 0 saturated carbocycles. The number of amides is 1. The first kappa shape index (κ1) is 11.6. The SMILES string of the molecule is COC(C)c1c(C(N)=O)nnn1C(C)C. The summed E-state index contributed by atoms with van der Waals surface area (Å²) in [5.41, 5.74) is 6.01. The van der Waals surface area contributed by atoms with Crippen LogP contribution in [0.1, 0.15) is 49.1 Å². The van der Waals surface area contributed by atoms with Crippen LogP contribution in [0.3, 0.4) is 0 Å². The average molecular weight is 212 g/mol. The maximum absolute atomic E-state index is 11.1. The van der Waals surface area contributed by atoms with Gasteiger partial charge in [0.15, 0.2) is 5.69 Å². The van der Waals surface area contributed by atoms with Crippen molar-refractivity contribution < 1.29 is 9.53 Å². The monoisotopic (exact) mass is 212 g/mol. The quantitative estimate of drug-likeness (QED) is 0.794. The molecular formula is C9H16N4O2. The third-order valence-electron chi connectivity index (χ3n) is 2.19. The van der Waals surface area contributed by atoms with Crippen LogP contribution in [0.2, 0.25) is 0 Å². The van der Waals surface area contributed by atoms with E-state index in [9.17, 15) is 4.79 Å². The Bertz CT molecular complexity index is 359. The fourth-order valence-corrected chi connectivity index (χ4v) is 1.35. The van der Waals surface area contributed by atoms with E-state index >= 15 is 0 Å². The normalized spacial score (nSPS) is 13.1. The Hall–Kier alpha value is -1.43. The number of nitrogens with zero attached hydrogens (tertiary/aromatic N) is 3. The number of primary amides is 1. The summed E-state index contributed by atoms with van der Waals surface area (Å²) in [5, 5.41) is 7.66. The van der Waals surface area contributed by atoms with E-state index in [0.29, 0.717) is 5.69 Å². The van der Waals surface area contributed by atoms with Crippen molar-refractivity contribution in [3.63, 3.8) is 0 Å². The molecule has 1 rings (SSSR count). The lowest BCUT2D eigenvalue weighted by Crippen LogP contribution is -2.18. The van der Waals surface area contributed by atoms with Crippen LogP contribution in [0.25, 0.3) is 0 Å². The summed E-state index contributed by atoms with van der Waals surface area (Å²) in [6, 6.07) is 0.109. The predicted molar refractivity (Wildman–Crippen MR) is 54.3 cm³/mol. The lowest BCUT2D eigenvalue weighted by molar-refractivity contribution is 0.0958. The van der Waals surface area contributed by atoms with E-state index in [0.717, 1.165) is 0 Å². The molecule has 0 bridgehead atoms. The Morgan fingerprint density at radius 1 is 1.47 bits per heavy atom. The van der Waals surface area contributed by atoms with Crippen LogP contribution in [0.4, 0.5) is 0 Å². The van der Waals surface area contributed by atoms with Crippen LogP contribution in [0.15, 0.2) is 0 Å². The predicted octanol–water partition coefficient (Wildman–Crippen LogP) is 0.665. The Labute approximate surface area is 88.4 Å². The second-order valence-electron chi connectivity index (χ2n) is 3.60. The highest BCUT2D eigenvalue weighted by Crippen LogP contribution is 2.21. The van der Waals surface area contributed by atoms with Crippen LogP contribution in [-0.4, -0.2) is 28.0 Å². The van der Waals surface area contributed by atoms with Crippen molar-refractivity contribution >= 4 is 5.91 Å². The largest absolute Gasteiger partial charge is 0.375 e. The molecule has 2 N–H and O–H groups in total. The molecule has 0 aromatic carbocycles. The molecule has 0 fully saturated rings. The Morgan fingerprint density at radius 2 is 2.07 bits per heavy atom. The Kier molecular flexibility index (Phi) is 3.41. The third-order valence-corrected chi connectivity index (χ3v) is 2.19. The van der Waals surface area contributed by atoms with Gasteiger partial charge in [0.25, 0.3) is 5.91 Å². The zero-order chi connectivity index (χ0) is 11.6. The number of nitrogens with two attached hydrogens (primary N) is 1. The molecule has 1 aromatic rings. The number of aromatic nitrogens is 3. The summed E-state index contributed by atoms with van der Waals surface area (Å²) in [4.78, 5) is 11.1. The first-order chi connectivity index (χ1) is 6.99. The topological polar surface area (TPSA) is 83.0 Å². The van der Waals surface area contributed by atoms with Crippen LogP contribution >= 0.6 is 0 Å². The molecule has 0 aliphatic carbocycles. The first-order valence-electron chi connectivity index (χ1n) is 4.76. The van der Waals surface area contributed by atoms with Crippen LogP contribution < -0.4 is 5.73 Å². The van der Waals surface area contributed by atoms with Gasteiger partial charge < -0.3 is 10.5 Å². The zero-order valence-corrected chi connectivity index (χ0v) is 9.39. The summed E-state index contributed by atoms with van der Waals surface area (Å²) >= 11 is 0. The fourth-order valence-electron chi connectivity index (χ4n) is 1.35. The number of hydrogen-bond acceptors (Lipinski definition) is 4. The molecule has 6 heteroatoms. The molecule has 1 atom stereocenters. The van der Waals surface area contributed by atoms with Gasteiger partial charge in [-0.3, -0.25) is 4.79 Å². The Morgan fingerprint density at radius 3 is 2.47 bits per heavy atom. The number of rotatable bonds is 4. The molecule has 1 aromatic heterocycles. The maximum atomic E-state index is 11.1. The molecule has 6 nitrogen and oxygen atoms in total. The van der Waals surface area contributed by atoms with E-state index in [-0.39, 0.29) is 17.8 Å². The van der Waals surface area contributed by atoms with E-state index < -0.39 is 5.91 Å². The number of carbonyl (C=O) groups excluding carboxylic acids is 1. The smallest absolute Gasteiger partial charge is 0.271 e. The van der Waals surface area contributed by atoms with Crippen molar-refractivity contribution in [1.82, 2.24) is 15.0 Å².